The molecule has 0 aliphatic carbocycles. The molecule has 5 rings (SSSR count). The van der Waals surface area contributed by atoms with Crippen molar-refractivity contribution in [2.45, 2.75) is 18.6 Å². The van der Waals surface area contributed by atoms with Crippen molar-refractivity contribution in [3.05, 3.63) is 72.2 Å². The summed E-state index contributed by atoms with van der Waals surface area (Å²) < 4.78 is 14.9. The highest BCUT2D eigenvalue weighted by atomic mass is 32.1. The molecule has 3 heterocycles. The topological polar surface area (TPSA) is 56.9 Å². The molecule has 6 nitrogen and oxygen atoms in total. The number of anilines is 1. The number of β-amino-alcohol motifs (C(OH)–C–C–N with tert-alkyl or cyclic N) is 1. The lowest BCUT2D eigenvalue weighted by Gasteiger charge is -2.28. The molecule has 1 aliphatic heterocycles. The lowest BCUT2D eigenvalue weighted by molar-refractivity contribution is 0.0562. The molecule has 1 aliphatic rings. The normalized spacial score (nSPS) is 19.3. The first-order valence-corrected chi connectivity index (χ1v) is 11.1. The molecule has 8 heteroatoms. The highest BCUT2D eigenvalue weighted by molar-refractivity contribution is 7.20. The number of hydrogen-bond acceptors (Lipinski definition) is 6. The van der Waals surface area contributed by atoms with Gasteiger partial charge in [0.2, 0.25) is 10.1 Å². The van der Waals surface area contributed by atoms with Gasteiger partial charge in [-0.2, -0.15) is 0 Å². The standard InChI is InChI=1S/C23H24FN5OS/c1-27(15-23(30)11-12-28(16-23)13-17-5-3-2-4-6-17)22-26-29-14-20(25-21(29)31-22)18-7-9-19(24)10-8-18/h2-10,14,30H,11-13,15-16H2,1H3. The van der Waals surface area contributed by atoms with E-state index in [1.807, 2.05) is 36.3 Å². The van der Waals surface area contributed by atoms with Gasteiger partial charge in [-0.15, -0.1) is 5.10 Å². The molecule has 31 heavy (non-hydrogen) atoms. The summed E-state index contributed by atoms with van der Waals surface area (Å²) in [5.41, 5.74) is 2.11. The van der Waals surface area contributed by atoms with Gasteiger partial charge in [0.05, 0.1) is 17.5 Å². The van der Waals surface area contributed by atoms with E-state index < -0.39 is 5.60 Å². The summed E-state index contributed by atoms with van der Waals surface area (Å²) >= 11 is 1.48. The Kier molecular flexibility index (Phi) is 5.21. The molecule has 1 saturated heterocycles. The monoisotopic (exact) mass is 437 g/mol. The van der Waals surface area contributed by atoms with Crippen molar-refractivity contribution >= 4 is 21.4 Å². The average molecular weight is 438 g/mol. The van der Waals surface area contributed by atoms with E-state index in [2.05, 4.69) is 27.1 Å². The van der Waals surface area contributed by atoms with Gasteiger partial charge in [0.25, 0.3) is 0 Å². The minimum atomic E-state index is -0.767. The van der Waals surface area contributed by atoms with Crippen LogP contribution in [0.15, 0.2) is 60.8 Å². The predicted octanol–water partition coefficient (Wildman–Crippen LogP) is 3.67. The third kappa shape index (κ3) is 4.32. The van der Waals surface area contributed by atoms with E-state index in [9.17, 15) is 9.50 Å². The maximum atomic E-state index is 13.2. The molecule has 0 radical (unpaired) electrons. The van der Waals surface area contributed by atoms with Crippen LogP contribution in [0.1, 0.15) is 12.0 Å². The second-order valence-electron chi connectivity index (χ2n) is 8.27. The fourth-order valence-corrected chi connectivity index (χ4v) is 5.00. The number of likely N-dealkylation sites (N-methyl/N-ethyl adjacent to an activating group) is 1. The van der Waals surface area contributed by atoms with Gasteiger partial charge in [-0.05, 0) is 36.2 Å². The zero-order valence-electron chi connectivity index (χ0n) is 17.3. The Balaban J connectivity index is 1.25. The minimum absolute atomic E-state index is 0.265. The molecule has 0 bridgehead atoms. The highest BCUT2D eigenvalue weighted by Gasteiger charge is 2.37. The van der Waals surface area contributed by atoms with Crippen LogP contribution in [0.2, 0.25) is 0 Å². The zero-order chi connectivity index (χ0) is 21.4. The van der Waals surface area contributed by atoms with E-state index in [1.165, 1.54) is 29.0 Å². The van der Waals surface area contributed by atoms with Gasteiger partial charge in [0, 0.05) is 38.8 Å². The van der Waals surface area contributed by atoms with Gasteiger partial charge in [0.15, 0.2) is 0 Å². The molecule has 2 aromatic heterocycles. The number of halogens is 1. The van der Waals surface area contributed by atoms with Crippen LogP contribution < -0.4 is 4.90 Å². The number of hydrogen-bond donors (Lipinski definition) is 1. The molecule has 0 spiro atoms. The first kappa shape index (κ1) is 20.1. The van der Waals surface area contributed by atoms with E-state index in [4.69, 9.17) is 0 Å². The van der Waals surface area contributed by atoms with Crippen molar-refractivity contribution in [2.24, 2.45) is 0 Å². The van der Waals surface area contributed by atoms with Gasteiger partial charge in [-0.25, -0.2) is 13.9 Å². The Labute approximate surface area is 184 Å². The van der Waals surface area contributed by atoms with Crippen LogP contribution in [0.4, 0.5) is 9.52 Å². The number of fused-ring (bicyclic) bond motifs is 1. The Hall–Kier alpha value is -2.81. The van der Waals surface area contributed by atoms with Crippen LogP contribution in [0.5, 0.6) is 0 Å². The summed E-state index contributed by atoms with van der Waals surface area (Å²) in [6.07, 6.45) is 2.59. The van der Waals surface area contributed by atoms with E-state index in [-0.39, 0.29) is 5.82 Å². The second-order valence-corrected chi connectivity index (χ2v) is 9.21. The molecular formula is C23H24FN5OS. The lowest BCUT2D eigenvalue weighted by atomic mass is 10.0. The first-order chi connectivity index (χ1) is 15.0. The Morgan fingerprint density at radius 1 is 1.16 bits per heavy atom. The molecule has 1 atom stereocenters. The Morgan fingerprint density at radius 2 is 1.94 bits per heavy atom. The second kappa shape index (κ2) is 8.03. The maximum absolute atomic E-state index is 13.2. The summed E-state index contributed by atoms with van der Waals surface area (Å²) in [7, 11) is 1.96. The third-order valence-corrected chi connectivity index (χ3v) is 6.73. The number of rotatable bonds is 6. The van der Waals surface area contributed by atoms with Crippen molar-refractivity contribution < 1.29 is 9.50 Å². The minimum Gasteiger partial charge on any atom is -0.387 e. The van der Waals surface area contributed by atoms with Gasteiger partial charge in [-0.1, -0.05) is 41.7 Å². The van der Waals surface area contributed by atoms with Crippen LogP contribution in [0.3, 0.4) is 0 Å². The SMILES string of the molecule is CN(CC1(O)CCN(Cc2ccccc2)C1)c1nn2cc(-c3ccc(F)cc3)nc2s1. The summed E-state index contributed by atoms with van der Waals surface area (Å²) in [6, 6.07) is 16.6. The van der Waals surface area contributed by atoms with Gasteiger partial charge >= 0.3 is 0 Å². The van der Waals surface area contributed by atoms with Crippen molar-refractivity contribution in [3.63, 3.8) is 0 Å². The fourth-order valence-electron chi connectivity index (χ4n) is 4.16. The lowest BCUT2D eigenvalue weighted by Crippen LogP contribution is -2.43. The molecule has 1 unspecified atom stereocenters. The number of likely N-dealkylation sites (tertiary alicyclic amines) is 1. The Morgan fingerprint density at radius 3 is 2.68 bits per heavy atom. The molecule has 1 N–H and O–H groups in total. The molecule has 4 aromatic rings. The summed E-state index contributed by atoms with van der Waals surface area (Å²) in [4.78, 5) is 9.69. The van der Waals surface area contributed by atoms with Crippen LogP contribution in [0, 0.1) is 5.82 Å². The first-order valence-electron chi connectivity index (χ1n) is 10.3. The van der Waals surface area contributed by atoms with Crippen LogP contribution >= 0.6 is 11.3 Å². The van der Waals surface area contributed by atoms with Crippen molar-refractivity contribution in [1.29, 1.82) is 0 Å². The van der Waals surface area contributed by atoms with Crippen molar-refractivity contribution in [1.82, 2.24) is 19.5 Å². The maximum Gasteiger partial charge on any atom is 0.214 e. The predicted molar refractivity (Wildman–Crippen MR) is 121 cm³/mol. The molecular weight excluding hydrogens is 413 g/mol. The number of benzene rings is 2. The van der Waals surface area contributed by atoms with Crippen LogP contribution in [0.25, 0.3) is 16.2 Å². The van der Waals surface area contributed by atoms with E-state index in [0.717, 1.165) is 40.9 Å². The van der Waals surface area contributed by atoms with E-state index >= 15 is 0 Å². The summed E-state index contributed by atoms with van der Waals surface area (Å²) in [6.45, 7) is 2.88. The number of imidazole rings is 1. The number of nitrogens with zero attached hydrogens (tertiary/aromatic N) is 5. The Bertz CT molecular complexity index is 1140. The molecule has 1 fully saturated rings. The molecule has 160 valence electrons. The molecule has 0 amide bonds. The summed E-state index contributed by atoms with van der Waals surface area (Å²) in [5, 5.41) is 16.6. The van der Waals surface area contributed by atoms with E-state index in [0.29, 0.717) is 13.1 Å². The smallest absolute Gasteiger partial charge is 0.214 e. The largest absolute Gasteiger partial charge is 0.387 e. The number of aromatic nitrogens is 3. The highest BCUT2D eigenvalue weighted by Crippen LogP contribution is 2.29. The molecule has 2 aromatic carbocycles. The fraction of sp³-hybridized carbons (Fsp3) is 0.304. The van der Waals surface area contributed by atoms with Crippen molar-refractivity contribution in [3.8, 4) is 11.3 Å². The van der Waals surface area contributed by atoms with Crippen LogP contribution in [-0.2, 0) is 6.54 Å². The summed E-state index contributed by atoms with van der Waals surface area (Å²) in [5.74, 6) is -0.265. The van der Waals surface area contributed by atoms with Gasteiger partial charge < -0.3 is 10.0 Å². The van der Waals surface area contributed by atoms with Gasteiger partial charge in [-0.3, -0.25) is 4.90 Å². The van der Waals surface area contributed by atoms with E-state index in [1.54, 1.807) is 16.6 Å². The van der Waals surface area contributed by atoms with Crippen LogP contribution in [-0.4, -0.2) is 56.9 Å². The third-order valence-electron chi connectivity index (χ3n) is 5.69. The van der Waals surface area contributed by atoms with Crippen molar-refractivity contribution in [2.75, 3.05) is 31.6 Å². The molecule has 0 saturated carbocycles. The quantitative estimate of drug-likeness (QED) is 0.499. The van der Waals surface area contributed by atoms with Gasteiger partial charge in [0.1, 0.15) is 5.82 Å². The average Bonchev–Trinajstić information content (AvgIpc) is 3.43. The zero-order valence-corrected chi connectivity index (χ0v) is 18.1. The number of aliphatic hydroxyl groups is 1.